The molecule has 0 saturated carbocycles. The van der Waals surface area contributed by atoms with Gasteiger partial charge in [-0.05, 0) is 99.0 Å². The van der Waals surface area contributed by atoms with E-state index in [4.69, 9.17) is 14.7 Å². The van der Waals surface area contributed by atoms with Crippen LogP contribution < -0.4 is 9.47 Å². The number of nitrogens with zero attached hydrogens (tertiary/aromatic N) is 3. The Hall–Kier alpha value is -4.29. The largest absolute Gasteiger partial charge is 0.491 e. The zero-order valence-corrected chi connectivity index (χ0v) is 22.0. The molecule has 0 aliphatic carbocycles. The lowest BCUT2D eigenvalue weighted by molar-refractivity contribution is -0.134. The number of hydrogen-bond acceptors (Lipinski definition) is 5. The van der Waals surface area contributed by atoms with Crippen molar-refractivity contribution in [1.29, 1.82) is 10.5 Å². The molecule has 0 bridgehead atoms. The second-order valence-corrected chi connectivity index (χ2v) is 9.98. The first kappa shape index (κ1) is 26.8. The molecule has 1 heterocycles. The molecule has 4 rings (SSSR count). The topological polar surface area (TPSA) is 86.3 Å². The van der Waals surface area contributed by atoms with Gasteiger partial charge in [-0.1, -0.05) is 24.3 Å². The minimum Gasteiger partial charge on any atom is -0.491 e. The number of ether oxygens (including phenoxy) is 2. The van der Waals surface area contributed by atoms with E-state index in [2.05, 4.69) is 30.3 Å². The Kier molecular flexibility index (Phi) is 9.01. The Morgan fingerprint density at radius 2 is 1.68 bits per heavy atom. The Balaban J connectivity index is 1.29. The number of amides is 1. The van der Waals surface area contributed by atoms with Gasteiger partial charge in [-0.3, -0.25) is 4.79 Å². The summed E-state index contributed by atoms with van der Waals surface area (Å²) >= 11 is 0. The second kappa shape index (κ2) is 12.8. The molecule has 1 aliphatic rings. The van der Waals surface area contributed by atoms with Crippen molar-refractivity contribution in [1.82, 2.24) is 4.90 Å². The number of rotatable bonds is 9. The van der Waals surface area contributed by atoms with Crippen LogP contribution in [0.15, 0.2) is 66.7 Å². The lowest BCUT2D eigenvalue weighted by Gasteiger charge is -2.32. The summed E-state index contributed by atoms with van der Waals surface area (Å²) in [7, 11) is 0. The van der Waals surface area contributed by atoms with Crippen LogP contribution in [-0.4, -0.2) is 36.6 Å². The van der Waals surface area contributed by atoms with Crippen LogP contribution >= 0.6 is 0 Å². The Labute approximate surface area is 225 Å². The molecule has 0 atom stereocenters. The maximum atomic E-state index is 12.9. The van der Waals surface area contributed by atoms with E-state index in [0.717, 1.165) is 55.6 Å². The summed E-state index contributed by atoms with van der Waals surface area (Å²) in [5, 5.41) is 18.4. The summed E-state index contributed by atoms with van der Waals surface area (Å²) in [5.74, 6) is 2.02. The van der Waals surface area contributed by atoms with Crippen LogP contribution in [0.3, 0.4) is 0 Å². The third-order valence-electron chi connectivity index (χ3n) is 6.86. The summed E-state index contributed by atoms with van der Waals surface area (Å²) in [6.45, 7) is 5.48. The van der Waals surface area contributed by atoms with E-state index in [9.17, 15) is 10.1 Å². The molecule has 0 aromatic heterocycles. The van der Waals surface area contributed by atoms with E-state index in [1.807, 2.05) is 36.9 Å². The zero-order chi connectivity index (χ0) is 26.9. The van der Waals surface area contributed by atoms with Gasteiger partial charge in [-0.2, -0.15) is 10.5 Å². The number of benzene rings is 3. The van der Waals surface area contributed by atoms with Crippen molar-refractivity contribution >= 4 is 5.91 Å². The third-order valence-corrected chi connectivity index (χ3v) is 6.86. The number of hydrogen-bond donors (Lipinski definition) is 0. The molecule has 6 heteroatoms. The first-order chi connectivity index (χ1) is 18.4. The smallest absolute Gasteiger partial charge is 0.260 e. The highest BCUT2D eigenvalue weighted by molar-refractivity contribution is 5.79. The molecule has 1 saturated heterocycles. The number of aryl methyl sites for hydroxylation is 1. The molecule has 0 radical (unpaired) electrons. The highest BCUT2D eigenvalue weighted by Gasteiger charge is 2.23. The van der Waals surface area contributed by atoms with Crippen molar-refractivity contribution in [2.24, 2.45) is 5.92 Å². The van der Waals surface area contributed by atoms with Crippen LogP contribution in [0, 0.1) is 28.6 Å². The van der Waals surface area contributed by atoms with Crippen molar-refractivity contribution in [3.63, 3.8) is 0 Å². The average molecular weight is 508 g/mol. The normalized spacial score (nSPS) is 13.6. The van der Waals surface area contributed by atoms with E-state index >= 15 is 0 Å². The van der Waals surface area contributed by atoms with Crippen LogP contribution in [0.25, 0.3) is 11.1 Å². The van der Waals surface area contributed by atoms with E-state index < -0.39 is 0 Å². The van der Waals surface area contributed by atoms with Gasteiger partial charge in [0, 0.05) is 18.7 Å². The molecule has 1 amide bonds. The molecule has 0 N–H and O–H groups in total. The predicted molar refractivity (Wildman–Crippen MR) is 147 cm³/mol. The quantitative estimate of drug-likeness (QED) is 0.347. The Bertz CT molecular complexity index is 1330. The van der Waals surface area contributed by atoms with Crippen molar-refractivity contribution in [2.75, 3.05) is 19.7 Å². The second-order valence-electron chi connectivity index (χ2n) is 9.98. The van der Waals surface area contributed by atoms with E-state index in [-0.39, 0.29) is 18.6 Å². The third kappa shape index (κ3) is 7.14. The number of likely N-dealkylation sites (tertiary alicyclic amines) is 1. The molecule has 3 aromatic rings. The molecule has 3 aromatic carbocycles. The minimum atomic E-state index is -0.0531. The predicted octanol–water partition coefficient (Wildman–Crippen LogP) is 6.13. The molecule has 0 spiro atoms. The average Bonchev–Trinajstić information content (AvgIpc) is 2.95. The molecule has 1 aliphatic heterocycles. The van der Waals surface area contributed by atoms with Gasteiger partial charge in [0.15, 0.2) is 6.61 Å². The maximum Gasteiger partial charge on any atom is 0.260 e. The van der Waals surface area contributed by atoms with Crippen LogP contribution in [0.2, 0.25) is 0 Å². The van der Waals surface area contributed by atoms with Crippen LogP contribution in [0.4, 0.5) is 0 Å². The zero-order valence-electron chi connectivity index (χ0n) is 22.0. The first-order valence-corrected chi connectivity index (χ1v) is 13.2. The monoisotopic (exact) mass is 507 g/mol. The highest BCUT2D eigenvalue weighted by atomic mass is 16.5. The van der Waals surface area contributed by atoms with Crippen molar-refractivity contribution in [3.8, 4) is 34.8 Å². The van der Waals surface area contributed by atoms with E-state index in [0.29, 0.717) is 22.8 Å². The summed E-state index contributed by atoms with van der Waals surface area (Å²) in [4.78, 5) is 14.8. The molecule has 194 valence electrons. The fourth-order valence-electron chi connectivity index (χ4n) is 4.79. The Morgan fingerprint density at radius 3 is 2.37 bits per heavy atom. The fourth-order valence-corrected chi connectivity index (χ4v) is 4.79. The van der Waals surface area contributed by atoms with Crippen LogP contribution in [0.1, 0.15) is 49.8 Å². The first-order valence-electron chi connectivity index (χ1n) is 13.2. The minimum absolute atomic E-state index is 0.0304. The Morgan fingerprint density at radius 1 is 0.974 bits per heavy atom. The molecule has 38 heavy (non-hydrogen) atoms. The van der Waals surface area contributed by atoms with Crippen LogP contribution in [0.5, 0.6) is 11.5 Å². The number of piperidine rings is 1. The van der Waals surface area contributed by atoms with Gasteiger partial charge in [-0.25, -0.2) is 0 Å². The van der Waals surface area contributed by atoms with E-state index in [1.165, 1.54) is 5.56 Å². The highest BCUT2D eigenvalue weighted by Crippen LogP contribution is 2.32. The summed E-state index contributed by atoms with van der Waals surface area (Å²) in [6, 6.07) is 24.8. The molecular weight excluding hydrogens is 474 g/mol. The molecule has 0 unspecified atom stereocenters. The van der Waals surface area contributed by atoms with Crippen molar-refractivity contribution < 1.29 is 14.3 Å². The number of nitriles is 2. The van der Waals surface area contributed by atoms with Gasteiger partial charge in [-0.15, -0.1) is 0 Å². The fraction of sp³-hybridized carbons (Fsp3) is 0.344. The van der Waals surface area contributed by atoms with Gasteiger partial charge < -0.3 is 14.4 Å². The number of carbonyl (C=O) groups is 1. The molecule has 1 fully saturated rings. The summed E-state index contributed by atoms with van der Waals surface area (Å²) < 4.78 is 11.8. The molecular formula is C32H33N3O3. The SMILES string of the molecule is CC(C)Oc1cccc(CCC2CCN(C(=O)COc3ccc(C#N)cc3-c3ccc(C#N)cc3)CC2)c1. The van der Waals surface area contributed by atoms with Gasteiger partial charge >= 0.3 is 0 Å². The lowest BCUT2D eigenvalue weighted by Crippen LogP contribution is -2.41. The van der Waals surface area contributed by atoms with Crippen molar-refractivity contribution in [3.05, 3.63) is 83.4 Å². The lowest BCUT2D eigenvalue weighted by atomic mass is 9.90. The molecule has 6 nitrogen and oxygen atoms in total. The number of carbonyl (C=O) groups excluding carboxylic acids is 1. The van der Waals surface area contributed by atoms with Gasteiger partial charge in [0.25, 0.3) is 5.91 Å². The standard InChI is InChI=1S/C32H33N3O3/c1-23(2)38-29-5-3-4-25(18-29)7-6-24-14-16-35(17-15-24)32(36)22-37-31-13-10-27(21-34)19-30(31)28-11-8-26(20-33)9-12-28/h3-5,8-13,18-19,23-24H,6-7,14-17,22H2,1-2H3. The summed E-state index contributed by atoms with van der Waals surface area (Å²) in [6.07, 6.45) is 4.25. The van der Waals surface area contributed by atoms with Gasteiger partial charge in [0.2, 0.25) is 0 Å². The van der Waals surface area contributed by atoms with Crippen LogP contribution in [-0.2, 0) is 11.2 Å². The van der Waals surface area contributed by atoms with E-state index in [1.54, 1.807) is 30.3 Å². The van der Waals surface area contributed by atoms with Gasteiger partial charge in [0.05, 0.1) is 29.4 Å². The van der Waals surface area contributed by atoms with Crippen molar-refractivity contribution in [2.45, 2.75) is 45.6 Å². The maximum absolute atomic E-state index is 12.9. The van der Waals surface area contributed by atoms with Gasteiger partial charge in [0.1, 0.15) is 11.5 Å². The summed E-state index contributed by atoms with van der Waals surface area (Å²) in [5.41, 5.74) is 3.90.